The Labute approximate surface area is 110 Å². The van der Waals surface area contributed by atoms with Gasteiger partial charge in [0, 0.05) is 37.3 Å². The van der Waals surface area contributed by atoms with Crippen LogP contribution in [-0.2, 0) is 4.79 Å². The molecule has 1 N–H and O–H groups in total. The minimum absolute atomic E-state index is 0.121. The van der Waals surface area contributed by atoms with E-state index in [4.69, 9.17) is 5.11 Å². The number of pyridine rings is 1. The summed E-state index contributed by atoms with van der Waals surface area (Å²) in [5.74, 6) is -1.58. The molecule has 5 nitrogen and oxygen atoms in total. The van der Waals surface area contributed by atoms with Crippen LogP contribution < -0.4 is 0 Å². The molecule has 0 saturated carbocycles. The third-order valence-corrected chi connectivity index (χ3v) is 3.34. The first-order valence-electron chi connectivity index (χ1n) is 6.19. The number of halogens is 1. The van der Waals surface area contributed by atoms with E-state index in [1.165, 1.54) is 12.3 Å². The van der Waals surface area contributed by atoms with Gasteiger partial charge in [-0.05, 0) is 24.8 Å². The fourth-order valence-corrected chi connectivity index (χ4v) is 2.31. The van der Waals surface area contributed by atoms with Crippen molar-refractivity contribution in [1.29, 1.82) is 0 Å². The van der Waals surface area contributed by atoms with Crippen molar-refractivity contribution in [1.82, 2.24) is 9.88 Å². The number of rotatable bonds is 3. The van der Waals surface area contributed by atoms with E-state index in [1.807, 2.05) is 0 Å². The van der Waals surface area contributed by atoms with Crippen LogP contribution in [0.15, 0.2) is 18.3 Å². The van der Waals surface area contributed by atoms with Crippen molar-refractivity contribution in [3.8, 4) is 0 Å². The number of aromatic nitrogens is 1. The van der Waals surface area contributed by atoms with Gasteiger partial charge in [-0.25, -0.2) is 4.98 Å². The molecule has 0 bridgehead atoms. The minimum Gasteiger partial charge on any atom is -0.481 e. The van der Waals surface area contributed by atoms with Crippen molar-refractivity contribution >= 4 is 11.9 Å². The molecule has 2 rings (SSSR count). The number of carbonyl (C=O) groups is 2. The molecule has 1 saturated heterocycles. The topological polar surface area (TPSA) is 70.5 Å². The molecule has 1 aliphatic rings. The second-order valence-electron chi connectivity index (χ2n) is 4.70. The number of piperidine rings is 1. The Morgan fingerprint density at radius 1 is 1.42 bits per heavy atom. The van der Waals surface area contributed by atoms with E-state index in [-0.39, 0.29) is 23.8 Å². The van der Waals surface area contributed by atoms with Gasteiger partial charge in [-0.3, -0.25) is 9.59 Å². The molecular weight excluding hydrogens is 251 g/mol. The summed E-state index contributed by atoms with van der Waals surface area (Å²) >= 11 is 0. The summed E-state index contributed by atoms with van der Waals surface area (Å²) in [5, 5.41) is 8.72. The molecule has 1 aromatic heterocycles. The zero-order valence-electron chi connectivity index (χ0n) is 10.4. The summed E-state index contributed by atoms with van der Waals surface area (Å²) in [6, 6.07) is 2.60. The first-order valence-corrected chi connectivity index (χ1v) is 6.19. The van der Waals surface area contributed by atoms with Crippen LogP contribution >= 0.6 is 0 Å². The van der Waals surface area contributed by atoms with Crippen molar-refractivity contribution in [2.24, 2.45) is 5.92 Å². The minimum atomic E-state index is -0.805. The van der Waals surface area contributed by atoms with Crippen molar-refractivity contribution in [2.45, 2.75) is 19.3 Å². The van der Waals surface area contributed by atoms with Gasteiger partial charge < -0.3 is 10.0 Å². The van der Waals surface area contributed by atoms with Crippen molar-refractivity contribution in [2.75, 3.05) is 13.1 Å². The highest BCUT2D eigenvalue weighted by atomic mass is 19.1. The van der Waals surface area contributed by atoms with Gasteiger partial charge in [0.05, 0.1) is 0 Å². The Kier molecular flexibility index (Phi) is 4.09. The molecule has 0 atom stereocenters. The van der Waals surface area contributed by atoms with E-state index in [1.54, 1.807) is 4.90 Å². The lowest BCUT2D eigenvalue weighted by Gasteiger charge is -2.31. The second-order valence-corrected chi connectivity index (χ2v) is 4.70. The van der Waals surface area contributed by atoms with Crippen LogP contribution in [0.3, 0.4) is 0 Å². The van der Waals surface area contributed by atoms with E-state index in [2.05, 4.69) is 4.98 Å². The predicted octanol–water partition coefficient (Wildman–Crippen LogP) is 1.55. The molecule has 0 radical (unpaired) electrons. The highest BCUT2D eigenvalue weighted by molar-refractivity contribution is 5.94. The number of amides is 1. The first kappa shape index (κ1) is 13.5. The van der Waals surface area contributed by atoms with Crippen LogP contribution in [0.4, 0.5) is 4.39 Å². The maximum absolute atomic E-state index is 13.0. The van der Waals surface area contributed by atoms with Gasteiger partial charge in [0.25, 0.3) is 5.91 Å². The highest BCUT2D eigenvalue weighted by Crippen LogP contribution is 2.21. The Hall–Kier alpha value is -1.98. The van der Waals surface area contributed by atoms with Crippen LogP contribution in [0.5, 0.6) is 0 Å². The summed E-state index contributed by atoms with van der Waals surface area (Å²) < 4.78 is 13.0. The van der Waals surface area contributed by atoms with E-state index in [9.17, 15) is 14.0 Å². The molecule has 1 amide bonds. The number of carboxylic acids is 1. The first-order chi connectivity index (χ1) is 9.06. The average Bonchev–Trinajstić information content (AvgIpc) is 2.38. The summed E-state index contributed by atoms with van der Waals surface area (Å²) in [6.07, 6.45) is 2.75. The van der Waals surface area contributed by atoms with Gasteiger partial charge in [-0.15, -0.1) is 0 Å². The SMILES string of the molecule is O=C(O)CC1CCN(C(=O)c2ccnc(F)c2)CC1. The van der Waals surface area contributed by atoms with Gasteiger partial charge in [0.2, 0.25) is 5.95 Å². The molecule has 0 unspecified atom stereocenters. The van der Waals surface area contributed by atoms with Gasteiger partial charge in [0.15, 0.2) is 0 Å². The average molecular weight is 266 g/mol. The Morgan fingerprint density at radius 2 is 2.11 bits per heavy atom. The normalized spacial score (nSPS) is 16.4. The lowest BCUT2D eigenvalue weighted by Crippen LogP contribution is -2.38. The molecule has 1 aromatic rings. The summed E-state index contributed by atoms with van der Waals surface area (Å²) in [6.45, 7) is 1.03. The van der Waals surface area contributed by atoms with E-state index in [0.717, 1.165) is 6.07 Å². The highest BCUT2D eigenvalue weighted by Gasteiger charge is 2.25. The fraction of sp³-hybridized carbons (Fsp3) is 0.462. The molecule has 19 heavy (non-hydrogen) atoms. The number of nitrogens with zero attached hydrogens (tertiary/aromatic N) is 2. The third kappa shape index (κ3) is 3.49. The maximum Gasteiger partial charge on any atom is 0.303 e. The second kappa shape index (κ2) is 5.77. The standard InChI is InChI=1S/C13H15FN2O3/c14-11-8-10(1-4-15-11)13(19)16-5-2-9(3-6-16)7-12(17)18/h1,4,8-9H,2-3,5-7H2,(H,17,18). The Bertz CT molecular complexity index is 485. The van der Waals surface area contributed by atoms with E-state index in [0.29, 0.717) is 25.9 Å². The van der Waals surface area contributed by atoms with Gasteiger partial charge >= 0.3 is 5.97 Å². The van der Waals surface area contributed by atoms with Crippen molar-refractivity contribution in [3.63, 3.8) is 0 Å². The monoisotopic (exact) mass is 266 g/mol. The van der Waals surface area contributed by atoms with Crippen LogP contribution in [0.1, 0.15) is 29.6 Å². The molecule has 2 heterocycles. The molecular formula is C13H15FN2O3. The summed E-state index contributed by atoms with van der Waals surface area (Å²) in [5.41, 5.74) is 0.282. The number of likely N-dealkylation sites (tertiary alicyclic amines) is 1. The number of aliphatic carboxylic acids is 1. The molecule has 0 aromatic carbocycles. The molecule has 6 heteroatoms. The van der Waals surface area contributed by atoms with Gasteiger partial charge in [-0.1, -0.05) is 0 Å². The lowest BCUT2D eigenvalue weighted by atomic mass is 9.93. The number of hydrogen-bond donors (Lipinski definition) is 1. The largest absolute Gasteiger partial charge is 0.481 e. The van der Waals surface area contributed by atoms with Crippen LogP contribution in [0.2, 0.25) is 0 Å². The van der Waals surface area contributed by atoms with Gasteiger partial charge in [-0.2, -0.15) is 4.39 Å². The Balaban J connectivity index is 1.94. The third-order valence-electron chi connectivity index (χ3n) is 3.34. The molecule has 1 fully saturated rings. The summed E-state index contributed by atoms with van der Waals surface area (Å²) in [4.78, 5) is 27.8. The zero-order chi connectivity index (χ0) is 13.8. The van der Waals surface area contributed by atoms with Crippen molar-refractivity contribution < 1.29 is 19.1 Å². The lowest BCUT2D eigenvalue weighted by molar-refractivity contribution is -0.138. The maximum atomic E-state index is 13.0. The fourth-order valence-electron chi connectivity index (χ4n) is 2.31. The molecule has 0 aliphatic carbocycles. The Morgan fingerprint density at radius 3 is 2.68 bits per heavy atom. The smallest absolute Gasteiger partial charge is 0.303 e. The number of carboxylic acid groups (broad SMARTS) is 1. The zero-order valence-corrected chi connectivity index (χ0v) is 10.4. The number of hydrogen-bond acceptors (Lipinski definition) is 3. The molecule has 0 spiro atoms. The van der Waals surface area contributed by atoms with Crippen LogP contribution in [-0.4, -0.2) is 40.0 Å². The molecule has 102 valence electrons. The van der Waals surface area contributed by atoms with Crippen molar-refractivity contribution in [3.05, 3.63) is 29.8 Å². The quantitative estimate of drug-likeness (QED) is 0.843. The summed E-state index contributed by atoms with van der Waals surface area (Å²) in [7, 11) is 0. The van der Waals surface area contributed by atoms with Crippen LogP contribution in [0, 0.1) is 11.9 Å². The van der Waals surface area contributed by atoms with E-state index < -0.39 is 11.9 Å². The van der Waals surface area contributed by atoms with E-state index >= 15 is 0 Å². The molecule has 1 aliphatic heterocycles. The number of carbonyl (C=O) groups excluding carboxylic acids is 1. The van der Waals surface area contributed by atoms with Gasteiger partial charge in [0.1, 0.15) is 0 Å². The van der Waals surface area contributed by atoms with Crippen LogP contribution in [0.25, 0.3) is 0 Å². The predicted molar refractivity (Wildman–Crippen MR) is 65.1 cm³/mol.